The lowest BCUT2D eigenvalue weighted by atomic mass is 10.1. The van der Waals surface area contributed by atoms with Gasteiger partial charge in [-0.05, 0) is 6.42 Å². The van der Waals surface area contributed by atoms with Crippen molar-refractivity contribution >= 4 is 5.90 Å². The van der Waals surface area contributed by atoms with Gasteiger partial charge in [0.25, 0.3) is 0 Å². The Morgan fingerprint density at radius 2 is 2.40 bits per heavy atom. The zero-order chi connectivity index (χ0) is 6.81. The van der Waals surface area contributed by atoms with Crippen molar-refractivity contribution in [2.24, 2.45) is 10.9 Å². The molecule has 2 aliphatic rings. The highest BCUT2D eigenvalue weighted by atomic mass is 16.5. The molecular formula is C7H11NO2. The topological polar surface area (TPSA) is 30.8 Å². The summed E-state index contributed by atoms with van der Waals surface area (Å²) in [5, 5.41) is 0. The van der Waals surface area contributed by atoms with Crippen LogP contribution in [-0.4, -0.2) is 32.3 Å². The smallest absolute Gasteiger partial charge is 0.189 e. The summed E-state index contributed by atoms with van der Waals surface area (Å²) in [6, 6.07) is 0. The molecule has 0 aromatic heterocycles. The van der Waals surface area contributed by atoms with Crippen LogP contribution in [0.1, 0.15) is 6.42 Å². The SMILES string of the molecule is C1COC([C@@H]2CCOC2)=N1. The van der Waals surface area contributed by atoms with Crippen molar-refractivity contribution in [3.8, 4) is 0 Å². The van der Waals surface area contributed by atoms with Crippen molar-refractivity contribution in [3.05, 3.63) is 0 Å². The average molecular weight is 141 g/mol. The van der Waals surface area contributed by atoms with Crippen molar-refractivity contribution in [1.29, 1.82) is 0 Å². The van der Waals surface area contributed by atoms with Gasteiger partial charge in [-0.3, -0.25) is 4.99 Å². The highest BCUT2D eigenvalue weighted by molar-refractivity contribution is 5.80. The van der Waals surface area contributed by atoms with Crippen molar-refractivity contribution < 1.29 is 9.47 Å². The Morgan fingerprint density at radius 3 is 3.00 bits per heavy atom. The number of aliphatic imine (C=N–C) groups is 1. The van der Waals surface area contributed by atoms with Crippen LogP contribution in [0.4, 0.5) is 0 Å². The van der Waals surface area contributed by atoms with Gasteiger partial charge in [-0.25, -0.2) is 0 Å². The molecule has 2 heterocycles. The minimum atomic E-state index is 0.461. The molecule has 2 aliphatic heterocycles. The first kappa shape index (κ1) is 6.16. The normalized spacial score (nSPS) is 32.0. The third kappa shape index (κ3) is 1.01. The molecule has 56 valence electrons. The zero-order valence-corrected chi connectivity index (χ0v) is 5.88. The Hall–Kier alpha value is -0.570. The molecule has 0 unspecified atom stereocenters. The minimum Gasteiger partial charge on any atom is -0.479 e. The number of rotatable bonds is 1. The summed E-state index contributed by atoms with van der Waals surface area (Å²) in [7, 11) is 0. The van der Waals surface area contributed by atoms with Crippen LogP contribution in [0, 0.1) is 5.92 Å². The second kappa shape index (κ2) is 2.58. The number of ether oxygens (including phenoxy) is 2. The summed E-state index contributed by atoms with van der Waals surface area (Å²) in [6.07, 6.45) is 1.08. The molecule has 3 heteroatoms. The van der Waals surface area contributed by atoms with Gasteiger partial charge in [0.1, 0.15) is 6.61 Å². The van der Waals surface area contributed by atoms with E-state index in [9.17, 15) is 0 Å². The van der Waals surface area contributed by atoms with E-state index in [1.807, 2.05) is 0 Å². The highest BCUT2D eigenvalue weighted by Gasteiger charge is 2.24. The first-order valence-electron chi connectivity index (χ1n) is 3.72. The Kier molecular flexibility index (Phi) is 1.59. The second-order valence-electron chi connectivity index (χ2n) is 2.63. The zero-order valence-electron chi connectivity index (χ0n) is 5.88. The Balaban J connectivity index is 1.97. The van der Waals surface area contributed by atoms with E-state index in [1.54, 1.807) is 0 Å². The Labute approximate surface area is 60.0 Å². The van der Waals surface area contributed by atoms with Crippen molar-refractivity contribution in [1.82, 2.24) is 0 Å². The van der Waals surface area contributed by atoms with E-state index in [-0.39, 0.29) is 0 Å². The van der Waals surface area contributed by atoms with Crippen LogP contribution in [0.5, 0.6) is 0 Å². The van der Waals surface area contributed by atoms with E-state index in [2.05, 4.69) is 4.99 Å². The summed E-state index contributed by atoms with van der Waals surface area (Å²) in [6.45, 7) is 3.28. The van der Waals surface area contributed by atoms with Gasteiger partial charge in [-0.1, -0.05) is 0 Å². The molecule has 0 aliphatic carbocycles. The van der Waals surface area contributed by atoms with Crippen molar-refractivity contribution in [2.75, 3.05) is 26.4 Å². The fourth-order valence-electron chi connectivity index (χ4n) is 1.33. The predicted molar refractivity (Wildman–Crippen MR) is 37.2 cm³/mol. The summed E-state index contributed by atoms with van der Waals surface area (Å²) in [4.78, 5) is 4.23. The Morgan fingerprint density at radius 1 is 1.40 bits per heavy atom. The van der Waals surface area contributed by atoms with Gasteiger partial charge in [0.05, 0.1) is 19.1 Å². The molecule has 10 heavy (non-hydrogen) atoms. The van der Waals surface area contributed by atoms with Crippen LogP contribution in [0.15, 0.2) is 4.99 Å². The average Bonchev–Trinajstić information content (AvgIpc) is 2.59. The first-order valence-corrected chi connectivity index (χ1v) is 3.72. The lowest BCUT2D eigenvalue weighted by molar-refractivity contribution is 0.189. The maximum Gasteiger partial charge on any atom is 0.189 e. The largest absolute Gasteiger partial charge is 0.479 e. The van der Waals surface area contributed by atoms with Gasteiger partial charge in [-0.2, -0.15) is 0 Å². The molecule has 0 N–H and O–H groups in total. The molecule has 0 saturated carbocycles. The lowest BCUT2D eigenvalue weighted by Crippen LogP contribution is -2.14. The van der Waals surface area contributed by atoms with Crippen LogP contribution in [0.25, 0.3) is 0 Å². The fourth-order valence-corrected chi connectivity index (χ4v) is 1.33. The molecule has 1 saturated heterocycles. The summed E-state index contributed by atoms with van der Waals surface area (Å²) >= 11 is 0. The molecule has 0 aromatic rings. The van der Waals surface area contributed by atoms with Crippen LogP contribution >= 0.6 is 0 Å². The number of nitrogens with zero attached hydrogens (tertiary/aromatic N) is 1. The van der Waals surface area contributed by atoms with E-state index in [1.165, 1.54) is 0 Å². The quantitative estimate of drug-likeness (QED) is 0.531. The van der Waals surface area contributed by atoms with Crippen LogP contribution < -0.4 is 0 Å². The van der Waals surface area contributed by atoms with E-state index in [0.717, 1.165) is 38.7 Å². The van der Waals surface area contributed by atoms with E-state index in [4.69, 9.17) is 9.47 Å². The van der Waals surface area contributed by atoms with Crippen LogP contribution in [0.3, 0.4) is 0 Å². The van der Waals surface area contributed by atoms with Crippen LogP contribution in [0.2, 0.25) is 0 Å². The maximum absolute atomic E-state index is 5.31. The molecule has 0 spiro atoms. The molecule has 2 rings (SSSR count). The molecule has 0 aromatic carbocycles. The number of hydrogen-bond acceptors (Lipinski definition) is 3. The summed E-state index contributed by atoms with van der Waals surface area (Å²) < 4.78 is 10.5. The van der Waals surface area contributed by atoms with Gasteiger partial charge >= 0.3 is 0 Å². The van der Waals surface area contributed by atoms with Gasteiger partial charge in [0, 0.05) is 6.61 Å². The monoisotopic (exact) mass is 141 g/mol. The number of hydrogen-bond donors (Lipinski definition) is 0. The van der Waals surface area contributed by atoms with Gasteiger partial charge in [0.15, 0.2) is 5.90 Å². The molecule has 0 bridgehead atoms. The second-order valence-corrected chi connectivity index (χ2v) is 2.63. The standard InChI is InChI=1S/C7H11NO2/c1-3-9-5-6(1)7-8-2-4-10-7/h6H,1-5H2/t6-/m1/s1. The molecule has 0 amide bonds. The third-order valence-corrected chi connectivity index (χ3v) is 1.89. The van der Waals surface area contributed by atoms with Crippen LogP contribution in [-0.2, 0) is 9.47 Å². The molecule has 0 radical (unpaired) electrons. The molecular weight excluding hydrogens is 130 g/mol. The summed E-state index contributed by atoms with van der Waals surface area (Å²) in [5.41, 5.74) is 0. The van der Waals surface area contributed by atoms with E-state index in [0.29, 0.717) is 5.92 Å². The third-order valence-electron chi connectivity index (χ3n) is 1.89. The lowest BCUT2D eigenvalue weighted by Gasteiger charge is -2.05. The Bertz CT molecular complexity index is 150. The highest BCUT2D eigenvalue weighted by Crippen LogP contribution is 2.16. The van der Waals surface area contributed by atoms with Crippen molar-refractivity contribution in [3.63, 3.8) is 0 Å². The predicted octanol–water partition coefficient (Wildman–Crippen LogP) is 0.452. The minimum absolute atomic E-state index is 0.461. The summed E-state index contributed by atoms with van der Waals surface area (Å²) in [5.74, 6) is 1.39. The first-order chi connectivity index (χ1) is 4.97. The fraction of sp³-hybridized carbons (Fsp3) is 0.857. The maximum atomic E-state index is 5.31. The van der Waals surface area contributed by atoms with E-state index >= 15 is 0 Å². The van der Waals surface area contributed by atoms with E-state index < -0.39 is 0 Å². The van der Waals surface area contributed by atoms with Gasteiger partial charge in [-0.15, -0.1) is 0 Å². The molecule has 1 atom stereocenters. The molecule has 1 fully saturated rings. The van der Waals surface area contributed by atoms with Gasteiger partial charge in [0.2, 0.25) is 0 Å². The van der Waals surface area contributed by atoms with Crippen molar-refractivity contribution in [2.45, 2.75) is 6.42 Å². The molecule has 3 nitrogen and oxygen atoms in total. The van der Waals surface area contributed by atoms with Gasteiger partial charge < -0.3 is 9.47 Å².